The molecule has 0 aliphatic heterocycles. The van der Waals surface area contributed by atoms with Gasteiger partial charge in [-0.15, -0.1) is 21.5 Å². The van der Waals surface area contributed by atoms with E-state index in [0.29, 0.717) is 22.9 Å². The number of thiophene rings is 1. The second kappa shape index (κ2) is 8.22. The third-order valence-corrected chi connectivity index (χ3v) is 7.08. The van der Waals surface area contributed by atoms with E-state index < -0.39 is 0 Å². The fraction of sp³-hybridized carbons (Fsp3) is 0.250. The molecule has 0 spiro atoms. The number of benzene rings is 1. The second-order valence-electron chi connectivity index (χ2n) is 6.44. The SMILES string of the molecule is CC[C@@H](Sc1nnc(C)n2c1cc1sccc12)C(=O)Nc1ccc(OC)c(Cl)c1. The van der Waals surface area contributed by atoms with Crippen LogP contribution in [-0.2, 0) is 4.79 Å². The zero-order valence-corrected chi connectivity index (χ0v) is 18.5. The average Bonchev–Trinajstić information content (AvgIpc) is 3.29. The summed E-state index contributed by atoms with van der Waals surface area (Å²) in [6.07, 6.45) is 0.650. The van der Waals surface area contributed by atoms with Crippen molar-refractivity contribution in [1.82, 2.24) is 14.6 Å². The summed E-state index contributed by atoms with van der Waals surface area (Å²) in [6.45, 7) is 3.91. The van der Waals surface area contributed by atoms with Gasteiger partial charge in [0.1, 0.15) is 16.6 Å². The van der Waals surface area contributed by atoms with Crippen LogP contribution in [0.25, 0.3) is 15.7 Å². The van der Waals surface area contributed by atoms with Crippen LogP contribution in [-0.4, -0.2) is 32.9 Å². The number of amides is 1. The standard InChI is InChI=1S/C20H19ClN4O2S2/c1-4-17(19(26)22-12-5-6-16(27-3)13(21)9-12)29-20-15-10-18-14(7-8-28-18)25(15)11(2)23-24-20/h5-10,17H,4H2,1-3H3,(H,22,26)/t17-/m1/s1. The lowest BCUT2D eigenvalue weighted by Gasteiger charge is -2.15. The summed E-state index contributed by atoms with van der Waals surface area (Å²) in [5, 5.41) is 14.6. The lowest BCUT2D eigenvalue weighted by Crippen LogP contribution is -2.24. The smallest absolute Gasteiger partial charge is 0.237 e. The van der Waals surface area contributed by atoms with Crippen molar-refractivity contribution in [2.75, 3.05) is 12.4 Å². The van der Waals surface area contributed by atoms with E-state index in [0.717, 1.165) is 21.9 Å². The van der Waals surface area contributed by atoms with Crippen molar-refractivity contribution in [2.24, 2.45) is 0 Å². The molecule has 150 valence electrons. The van der Waals surface area contributed by atoms with Gasteiger partial charge in [-0.25, -0.2) is 0 Å². The minimum Gasteiger partial charge on any atom is -0.495 e. The van der Waals surface area contributed by atoms with Gasteiger partial charge in [-0.1, -0.05) is 30.3 Å². The molecule has 9 heteroatoms. The Hall–Kier alpha value is -2.29. The predicted octanol–water partition coefficient (Wildman–Crippen LogP) is 5.42. The number of methoxy groups -OCH3 is 1. The van der Waals surface area contributed by atoms with Crippen LogP contribution in [0.5, 0.6) is 5.75 Å². The Morgan fingerprint density at radius 2 is 2.14 bits per heavy atom. The molecule has 0 radical (unpaired) electrons. The number of rotatable bonds is 6. The monoisotopic (exact) mass is 446 g/mol. The number of anilines is 1. The first kappa shape index (κ1) is 20.0. The summed E-state index contributed by atoms with van der Waals surface area (Å²) >= 11 is 9.27. The number of nitrogens with one attached hydrogen (secondary N) is 1. The molecule has 0 saturated heterocycles. The van der Waals surface area contributed by atoms with Crippen LogP contribution in [0.2, 0.25) is 5.02 Å². The van der Waals surface area contributed by atoms with Crippen molar-refractivity contribution in [3.05, 3.63) is 46.6 Å². The predicted molar refractivity (Wildman–Crippen MR) is 120 cm³/mol. The van der Waals surface area contributed by atoms with Crippen LogP contribution in [0.15, 0.2) is 40.7 Å². The van der Waals surface area contributed by atoms with Crippen molar-refractivity contribution < 1.29 is 9.53 Å². The summed E-state index contributed by atoms with van der Waals surface area (Å²) < 4.78 is 8.42. The highest BCUT2D eigenvalue weighted by atomic mass is 35.5. The van der Waals surface area contributed by atoms with E-state index in [-0.39, 0.29) is 11.2 Å². The van der Waals surface area contributed by atoms with Crippen molar-refractivity contribution in [1.29, 1.82) is 0 Å². The lowest BCUT2D eigenvalue weighted by atomic mass is 10.2. The van der Waals surface area contributed by atoms with E-state index in [1.54, 1.807) is 36.6 Å². The molecular weight excluding hydrogens is 428 g/mol. The normalized spacial score (nSPS) is 12.4. The first-order valence-corrected chi connectivity index (χ1v) is 11.2. The minimum absolute atomic E-state index is 0.104. The number of carbonyl (C=O) groups is 1. The molecule has 0 bridgehead atoms. The van der Waals surface area contributed by atoms with E-state index in [1.807, 2.05) is 13.8 Å². The van der Waals surface area contributed by atoms with Gasteiger partial charge in [-0.05, 0) is 49.1 Å². The Bertz CT molecular complexity index is 1200. The maximum Gasteiger partial charge on any atom is 0.237 e. The summed E-state index contributed by atoms with van der Waals surface area (Å²) in [6, 6.07) is 9.37. The number of carbonyl (C=O) groups excluding carboxylic acids is 1. The van der Waals surface area contributed by atoms with Crippen molar-refractivity contribution in [3.63, 3.8) is 0 Å². The highest BCUT2D eigenvalue weighted by molar-refractivity contribution is 8.00. The van der Waals surface area contributed by atoms with Gasteiger partial charge in [0.25, 0.3) is 0 Å². The summed E-state index contributed by atoms with van der Waals surface area (Å²) in [5.41, 5.74) is 2.72. The fourth-order valence-electron chi connectivity index (χ4n) is 3.15. The number of hydrogen-bond donors (Lipinski definition) is 1. The molecular formula is C20H19ClN4O2S2. The second-order valence-corrected chi connectivity index (χ2v) is 8.99. The largest absolute Gasteiger partial charge is 0.495 e. The first-order valence-electron chi connectivity index (χ1n) is 9.04. The molecule has 1 atom stereocenters. The van der Waals surface area contributed by atoms with Gasteiger partial charge in [-0.3, -0.25) is 9.20 Å². The summed E-state index contributed by atoms with van der Waals surface area (Å²) in [7, 11) is 1.55. The van der Waals surface area contributed by atoms with E-state index in [2.05, 4.69) is 37.4 Å². The minimum atomic E-state index is -0.315. The highest BCUT2D eigenvalue weighted by Crippen LogP contribution is 2.34. The van der Waals surface area contributed by atoms with Gasteiger partial charge in [0.2, 0.25) is 5.91 Å². The van der Waals surface area contributed by atoms with Crippen LogP contribution >= 0.6 is 34.7 Å². The average molecular weight is 447 g/mol. The molecule has 4 aromatic rings. The molecule has 0 aliphatic carbocycles. The molecule has 3 aromatic heterocycles. The van der Waals surface area contributed by atoms with Crippen LogP contribution in [0, 0.1) is 6.92 Å². The van der Waals surface area contributed by atoms with Gasteiger partial charge in [0.05, 0.1) is 33.1 Å². The Morgan fingerprint density at radius 3 is 2.86 bits per heavy atom. The van der Waals surface area contributed by atoms with Gasteiger partial charge in [-0.2, -0.15) is 0 Å². The van der Waals surface area contributed by atoms with Gasteiger partial charge in [0.15, 0.2) is 0 Å². The van der Waals surface area contributed by atoms with Crippen molar-refractivity contribution in [2.45, 2.75) is 30.5 Å². The Labute approximate surface area is 181 Å². The van der Waals surface area contributed by atoms with Crippen LogP contribution < -0.4 is 10.1 Å². The van der Waals surface area contributed by atoms with Crippen LogP contribution in [0.4, 0.5) is 5.69 Å². The van der Waals surface area contributed by atoms with Crippen molar-refractivity contribution in [3.8, 4) is 5.75 Å². The quantitative estimate of drug-likeness (QED) is 0.400. The number of fused-ring (bicyclic) bond motifs is 3. The topological polar surface area (TPSA) is 68.5 Å². The summed E-state index contributed by atoms with van der Waals surface area (Å²) in [5.74, 6) is 1.28. The highest BCUT2D eigenvalue weighted by Gasteiger charge is 2.22. The molecule has 0 unspecified atom stereocenters. The zero-order valence-electron chi connectivity index (χ0n) is 16.1. The maximum absolute atomic E-state index is 12.9. The van der Waals surface area contributed by atoms with E-state index in [9.17, 15) is 4.79 Å². The molecule has 1 N–H and O–H groups in total. The number of thioether (sulfide) groups is 1. The molecule has 1 amide bonds. The Morgan fingerprint density at radius 1 is 1.31 bits per heavy atom. The molecule has 1 aromatic carbocycles. The third kappa shape index (κ3) is 3.80. The van der Waals surface area contributed by atoms with Gasteiger partial charge < -0.3 is 10.1 Å². The molecule has 6 nitrogen and oxygen atoms in total. The zero-order chi connectivity index (χ0) is 20.5. The van der Waals surface area contributed by atoms with E-state index >= 15 is 0 Å². The molecule has 0 fully saturated rings. The number of aryl methyl sites for hydroxylation is 1. The number of nitrogens with zero attached hydrogens (tertiary/aromatic N) is 3. The summed E-state index contributed by atoms with van der Waals surface area (Å²) in [4.78, 5) is 12.9. The van der Waals surface area contributed by atoms with Gasteiger partial charge in [0, 0.05) is 5.69 Å². The lowest BCUT2D eigenvalue weighted by molar-refractivity contribution is -0.115. The number of halogens is 1. The third-order valence-electron chi connectivity index (χ3n) is 4.59. The number of aromatic nitrogens is 3. The first-order chi connectivity index (χ1) is 14.0. The maximum atomic E-state index is 12.9. The molecule has 29 heavy (non-hydrogen) atoms. The molecule has 4 rings (SSSR count). The van der Waals surface area contributed by atoms with Gasteiger partial charge >= 0.3 is 0 Å². The Kier molecular flexibility index (Phi) is 5.67. The fourth-order valence-corrected chi connectivity index (χ4v) is 5.18. The van der Waals surface area contributed by atoms with Crippen LogP contribution in [0.3, 0.4) is 0 Å². The van der Waals surface area contributed by atoms with E-state index in [1.165, 1.54) is 16.5 Å². The number of hydrogen-bond acceptors (Lipinski definition) is 6. The molecule has 0 saturated carbocycles. The van der Waals surface area contributed by atoms with Crippen LogP contribution in [0.1, 0.15) is 19.2 Å². The molecule has 3 heterocycles. The van der Waals surface area contributed by atoms with Crippen molar-refractivity contribution >= 4 is 62.0 Å². The van der Waals surface area contributed by atoms with E-state index in [4.69, 9.17) is 16.3 Å². The molecule has 0 aliphatic rings. The Balaban J connectivity index is 1.59. The number of ether oxygens (including phenoxy) is 1.